The molecule has 0 aliphatic heterocycles. The zero-order chi connectivity index (χ0) is 14.5. The first-order chi connectivity index (χ1) is 8.92. The van der Waals surface area contributed by atoms with Gasteiger partial charge in [-0.1, -0.05) is 33.1 Å². The van der Waals surface area contributed by atoms with Gasteiger partial charge >= 0.3 is 0 Å². The van der Waals surface area contributed by atoms with Crippen LogP contribution in [-0.4, -0.2) is 11.0 Å². The topological polar surface area (TPSA) is 24.9 Å². The molecule has 2 nitrogen and oxygen atoms in total. The quantitative estimate of drug-likeness (QED) is 0.692. The summed E-state index contributed by atoms with van der Waals surface area (Å²) in [6, 6.07) is 0.487. The van der Waals surface area contributed by atoms with Gasteiger partial charge in [0.2, 0.25) is 0 Å². The Morgan fingerprint density at radius 3 is 2.42 bits per heavy atom. The molecule has 0 radical (unpaired) electrons. The van der Waals surface area contributed by atoms with E-state index in [0.717, 1.165) is 6.42 Å². The third kappa shape index (κ3) is 4.57. The van der Waals surface area contributed by atoms with Crippen LogP contribution in [0.5, 0.6) is 0 Å². The van der Waals surface area contributed by atoms with E-state index in [4.69, 9.17) is 4.98 Å². The molecule has 0 aliphatic carbocycles. The second-order valence-corrected chi connectivity index (χ2v) is 7.17. The number of unbranched alkanes of at least 4 members (excludes halogenated alkanes) is 2. The van der Waals surface area contributed by atoms with Gasteiger partial charge in [0.05, 0.1) is 11.2 Å². The van der Waals surface area contributed by atoms with Crippen molar-refractivity contribution in [3.8, 4) is 0 Å². The molecule has 1 unspecified atom stereocenters. The Morgan fingerprint density at radius 2 is 1.95 bits per heavy atom. The average Bonchev–Trinajstić information content (AvgIpc) is 2.70. The molecule has 1 aromatic rings. The molecule has 0 aliphatic rings. The van der Waals surface area contributed by atoms with Gasteiger partial charge in [0, 0.05) is 10.9 Å². The summed E-state index contributed by atoms with van der Waals surface area (Å²) >= 11 is 1.87. The molecule has 1 rings (SSSR count). The zero-order valence-corrected chi connectivity index (χ0v) is 14.3. The lowest BCUT2D eigenvalue weighted by molar-refractivity contribution is 0.300. The summed E-state index contributed by atoms with van der Waals surface area (Å²) in [5, 5.41) is 5.01. The lowest BCUT2D eigenvalue weighted by Gasteiger charge is -2.31. The minimum absolute atomic E-state index is 0.0339. The van der Waals surface area contributed by atoms with Gasteiger partial charge in [-0.3, -0.25) is 0 Å². The van der Waals surface area contributed by atoms with E-state index in [-0.39, 0.29) is 5.54 Å². The van der Waals surface area contributed by atoms with Crippen LogP contribution in [0, 0.1) is 6.92 Å². The molecule has 110 valence electrons. The van der Waals surface area contributed by atoms with E-state index in [1.165, 1.54) is 41.3 Å². The minimum atomic E-state index is 0.0339. The largest absolute Gasteiger partial charge is 0.303 e. The Kier molecular flexibility index (Phi) is 6.48. The summed E-state index contributed by atoms with van der Waals surface area (Å²) in [5.41, 5.74) is 1.30. The van der Waals surface area contributed by atoms with Crippen molar-refractivity contribution in [1.82, 2.24) is 10.3 Å². The van der Waals surface area contributed by atoms with Crippen molar-refractivity contribution >= 4 is 11.3 Å². The molecule has 0 amide bonds. The minimum Gasteiger partial charge on any atom is -0.303 e. The maximum Gasteiger partial charge on any atom is 0.113 e. The molecule has 0 saturated carbocycles. The van der Waals surface area contributed by atoms with Crippen LogP contribution in [-0.2, 0) is 12.0 Å². The van der Waals surface area contributed by atoms with E-state index in [2.05, 4.69) is 46.9 Å². The van der Waals surface area contributed by atoms with E-state index >= 15 is 0 Å². The summed E-state index contributed by atoms with van der Waals surface area (Å²) in [6.07, 6.45) is 6.06. The molecule has 1 N–H and O–H groups in total. The summed E-state index contributed by atoms with van der Waals surface area (Å²) in [4.78, 5) is 6.27. The predicted octanol–water partition coefficient (Wildman–Crippen LogP) is 4.81. The Balaban J connectivity index is 2.93. The number of nitrogens with zero attached hydrogens (tertiary/aromatic N) is 1. The van der Waals surface area contributed by atoms with Gasteiger partial charge in [-0.15, -0.1) is 11.3 Å². The van der Waals surface area contributed by atoms with Crippen molar-refractivity contribution in [2.75, 3.05) is 0 Å². The monoisotopic (exact) mass is 282 g/mol. The number of aryl methyl sites for hydroxylation is 2. The fraction of sp³-hybridized carbons (Fsp3) is 0.812. The highest BCUT2D eigenvalue weighted by atomic mass is 32.1. The van der Waals surface area contributed by atoms with Crippen LogP contribution in [0.25, 0.3) is 0 Å². The Hall–Kier alpha value is -0.410. The van der Waals surface area contributed by atoms with E-state index in [1.807, 2.05) is 11.3 Å². The van der Waals surface area contributed by atoms with Crippen molar-refractivity contribution in [2.24, 2.45) is 0 Å². The molecule has 1 aromatic heterocycles. The number of rotatable bonds is 8. The summed E-state index contributed by atoms with van der Waals surface area (Å²) in [7, 11) is 0. The van der Waals surface area contributed by atoms with Crippen LogP contribution in [0.1, 0.15) is 75.9 Å². The standard InChI is InChI=1S/C16H30N2S/c1-7-9-10-11-16(6,18-12(3)4)15-17-14(8-2)13(5)19-15/h12,18H,7-11H2,1-6H3. The molecule has 0 saturated heterocycles. The zero-order valence-electron chi connectivity index (χ0n) is 13.5. The first-order valence-electron chi connectivity index (χ1n) is 7.67. The van der Waals surface area contributed by atoms with Crippen molar-refractivity contribution in [3.05, 3.63) is 15.6 Å². The van der Waals surface area contributed by atoms with Gasteiger partial charge in [-0.05, 0) is 40.5 Å². The van der Waals surface area contributed by atoms with Crippen LogP contribution in [0.4, 0.5) is 0 Å². The molecule has 1 atom stereocenters. The number of aromatic nitrogens is 1. The molecule has 0 bridgehead atoms. The van der Waals surface area contributed by atoms with Crippen LogP contribution in [0.3, 0.4) is 0 Å². The first-order valence-corrected chi connectivity index (χ1v) is 8.49. The van der Waals surface area contributed by atoms with Gasteiger partial charge in [0.25, 0.3) is 0 Å². The molecular formula is C16H30N2S. The summed E-state index contributed by atoms with van der Waals surface area (Å²) in [6.45, 7) is 13.4. The molecular weight excluding hydrogens is 252 g/mol. The van der Waals surface area contributed by atoms with E-state index in [0.29, 0.717) is 6.04 Å². The molecule has 0 fully saturated rings. The smallest absolute Gasteiger partial charge is 0.113 e. The van der Waals surface area contributed by atoms with Gasteiger partial charge in [0.15, 0.2) is 0 Å². The third-order valence-corrected chi connectivity index (χ3v) is 4.86. The van der Waals surface area contributed by atoms with Crippen molar-refractivity contribution < 1.29 is 0 Å². The molecule has 3 heteroatoms. The lowest BCUT2D eigenvalue weighted by atomic mass is 9.94. The summed E-state index contributed by atoms with van der Waals surface area (Å²) in [5.74, 6) is 0. The van der Waals surface area contributed by atoms with Crippen molar-refractivity contribution in [3.63, 3.8) is 0 Å². The number of hydrogen-bond donors (Lipinski definition) is 1. The second kappa shape index (κ2) is 7.39. The molecule has 0 spiro atoms. The SMILES string of the molecule is CCCCCC(C)(NC(C)C)c1nc(CC)c(C)s1. The van der Waals surface area contributed by atoms with Crippen molar-refractivity contribution in [1.29, 1.82) is 0 Å². The van der Waals surface area contributed by atoms with E-state index in [1.54, 1.807) is 0 Å². The normalized spacial score (nSPS) is 14.9. The number of thiazole rings is 1. The average molecular weight is 282 g/mol. The Bertz CT molecular complexity index is 384. The first kappa shape index (κ1) is 16.6. The highest BCUT2D eigenvalue weighted by Crippen LogP contribution is 2.32. The fourth-order valence-corrected chi connectivity index (χ4v) is 3.74. The molecule has 1 heterocycles. The predicted molar refractivity (Wildman–Crippen MR) is 86.0 cm³/mol. The Labute approximate surface area is 123 Å². The van der Waals surface area contributed by atoms with Crippen LogP contribution in [0.2, 0.25) is 0 Å². The second-order valence-electron chi connectivity index (χ2n) is 5.96. The number of nitrogens with one attached hydrogen (secondary N) is 1. The Morgan fingerprint density at radius 1 is 1.26 bits per heavy atom. The highest BCUT2D eigenvalue weighted by molar-refractivity contribution is 7.11. The van der Waals surface area contributed by atoms with Gasteiger partial charge in [-0.25, -0.2) is 4.98 Å². The van der Waals surface area contributed by atoms with E-state index < -0.39 is 0 Å². The van der Waals surface area contributed by atoms with Crippen molar-refractivity contribution in [2.45, 2.75) is 85.2 Å². The maximum atomic E-state index is 4.89. The lowest BCUT2D eigenvalue weighted by Crippen LogP contribution is -2.43. The maximum absolute atomic E-state index is 4.89. The highest BCUT2D eigenvalue weighted by Gasteiger charge is 2.30. The van der Waals surface area contributed by atoms with Gasteiger partial charge in [-0.2, -0.15) is 0 Å². The van der Waals surface area contributed by atoms with Crippen LogP contribution in [0.15, 0.2) is 0 Å². The van der Waals surface area contributed by atoms with E-state index in [9.17, 15) is 0 Å². The van der Waals surface area contributed by atoms with Gasteiger partial charge < -0.3 is 5.32 Å². The fourth-order valence-electron chi connectivity index (χ4n) is 2.60. The van der Waals surface area contributed by atoms with Gasteiger partial charge in [0.1, 0.15) is 5.01 Å². The van der Waals surface area contributed by atoms with Crippen LogP contribution < -0.4 is 5.32 Å². The van der Waals surface area contributed by atoms with Crippen LogP contribution >= 0.6 is 11.3 Å². The number of hydrogen-bond acceptors (Lipinski definition) is 3. The molecule has 0 aromatic carbocycles. The molecule has 19 heavy (non-hydrogen) atoms. The third-order valence-electron chi connectivity index (χ3n) is 3.59. The summed E-state index contributed by atoms with van der Waals surface area (Å²) < 4.78 is 0.